The van der Waals surface area contributed by atoms with E-state index in [9.17, 15) is 4.79 Å². The van der Waals surface area contributed by atoms with E-state index in [1.807, 2.05) is 14.1 Å². The number of likely N-dealkylation sites (N-methyl/N-ethyl adjacent to an activating group) is 1. The van der Waals surface area contributed by atoms with Crippen LogP contribution in [0.2, 0.25) is 0 Å². The Morgan fingerprint density at radius 2 is 1.87 bits per heavy atom. The van der Waals surface area contributed by atoms with Gasteiger partial charge >= 0.3 is 0 Å². The zero-order chi connectivity index (χ0) is 21.4. The Labute approximate surface area is 199 Å². The van der Waals surface area contributed by atoms with Crippen molar-refractivity contribution in [1.82, 2.24) is 20.4 Å². The molecule has 170 valence electrons. The number of nitrogens with one attached hydrogen (secondary N) is 2. The predicted molar refractivity (Wildman–Crippen MR) is 137 cm³/mol. The number of likely N-dealkylation sites (tertiary alicyclic amines) is 1. The quantitative estimate of drug-likeness (QED) is 0.322. The first-order chi connectivity index (χ1) is 13.8. The van der Waals surface area contributed by atoms with Gasteiger partial charge in [0.05, 0.1) is 13.1 Å². The second kappa shape index (κ2) is 13.0. The number of piperidine rings is 1. The van der Waals surface area contributed by atoms with Crippen LogP contribution in [0.15, 0.2) is 23.2 Å². The van der Waals surface area contributed by atoms with E-state index in [0.717, 1.165) is 38.4 Å². The lowest BCUT2D eigenvalue weighted by atomic mass is 10.1. The van der Waals surface area contributed by atoms with Crippen LogP contribution in [0.25, 0.3) is 0 Å². The van der Waals surface area contributed by atoms with Crippen LogP contribution in [0.5, 0.6) is 0 Å². The molecule has 1 amide bonds. The van der Waals surface area contributed by atoms with Crippen molar-refractivity contribution in [2.24, 2.45) is 4.99 Å². The molecule has 1 aromatic carbocycles. The number of nitrogens with zero attached hydrogens (tertiary/aromatic N) is 4. The maximum atomic E-state index is 11.9. The molecular weight excluding hydrogens is 491 g/mol. The summed E-state index contributed by atoms with van der Waals surface area (Å²) in [4.78, 5) is 22.7. The highest BCUT2D eigenvalue weighted by molar-refractivity contribution is 14.0. The Morgan fingerprint density at radius 3 is 2.40 bits per heavy atom. The second-order valence-electron chi connectivity index (χ2n) is 8.18. The summed E-state index contributed by atoms with van der Waals surface area (Å²) in [6, 6.07) is 6.90. The van der Waals surface area contributed by atoms with Gasteiger partial charge in [-0.1, -0.05) is 6.07 Å². The number of halogens is 1. The Balaban J connectivity index is 0.00000450. The smallest absolute Gasteiger partial charge is 0.236 e. The van der Waals surface area contributed by atoms with Crippen molar-refractivity contribution in [2.75, 3.05) is 59.3 Å². The van der Waals surface area contributed by atoms with Gasteiger partial charge in [-0.05, 0) is 49.9 Å². The summed E-state index contributed by atoms with van der Waals surface area (Å²) in [5.74, 6) is 1.04. The van der Waals surface area contributed by atoms with Crippen LogP contribution in [0.1, 0.15) is 30.9 Å². The van der Waals surface area contributed by atoms with Crippen molar-refractivity contribution in [3.8, 4) is 0 Å². The monoisotopic (exact) mass is 530 g/mol. The van der Waals surface area contributed by atoms with Crippen molar-refractivity contribution >= 4 is 41.5 Å². The zero-order valence-electron chi connectivity index (χ0n) is 19.4. The molecule has 0 atom stereocenters. The van der Waals surface area contributed by atoms with Crippen molar-refractivity contribution < 1.29 is 4.79 Å². The van der Waals surface area contributed by atoms with Gasteiger partial charge in [0.2, 0.25) is 5.91 Å². The lowest BCUT2D eigenvalue weighted by Gasteiger charge is -2.33. The molecule has 1 aliphatic rings. The number of hydrogen-bond acceptors (Lipinski definition) is 4. The van der Waals surface area contributed by atoms with Crippen molar-refractivity contribution in [1.29, 1.82) is 0 Å². The summed E-state index contributed by atoms with van der Waals surface area (Å²) in [6.45, 7) is 8.10. The van der Waals surface area contributed by atoms with E-state index in [1.165, 1.54) is 16.8 Å². The van der Waals surface area contributed by atoms with Gasteiger partial charge in [0, 0.05) is 59.6 Å². The van der Waals surface area contributed by atoms with E-state index in [4.69, 9.17) is 4.99 Å². The van der Waals surface area contributed by atoms with Crippen LogP contribution in [-0.4, -0.2) is 82.1 Å². The van der Waals surface area contributed by atoms with Gasteiger partial charge in [0.15, 0.2) is 5.96 Å². The van der Waals surface area contributed by atoms with E-state index < -0.39 is 0 Å². The minimum Gasteiger partial charge on any atom is -0.378 e. The lowest BCUT2D eigenvalue weighted by Crippen LogP contribution is -2.50. The Bertz CT molecular complexity index is 699. The highest BCUT2D eigenvalue weighted by Crippen LogP contribution is 2.18. The maximum absolute atomic E-state index is 11.9. The predicted octanol–water partition coefficient (Wildman–Crippen LogP) is 2.29. The summed E-state index contributed by atoms with van der Waals surface area (Å²) in [7, 11) is 7.74. The summed E-state index contributed by atoms with van der Waals surface area (Å²) in [6.07, 6.45) is 2.03. The average molecular weight is 530 g/mol. The molecule has 7 nitrogen and oxygen atoms in total. The third-order valence-corrected chi connectivity index (χ3v) is 5.38. The Hall–Kier alpha value is -1.55. The highest BCUT2D eigenvalue weighted by atomic mass is 127. The maximum Gasteiger partial charge on any atom is 0.236 e. The van der Waals surface area contributed by atoms with Crippen LogP contribution in [-0.2, 0) is 11.3 Å². The number of anilines is 1. The molecule has 0 radical (unpaired) electrons. The molecule has 30 heavy (non-hydrogen) atoms. The molecule has 1 fully saturated rings. The molecule has 2 rings (SSSR count). The minimum absolute atomic E-state index is 0. The number of amides is 1. The van der Waals surface area contributed by atoms with E-state index in [2.05, 4.69) is 66.6 Å². The van der Waals surface area contributed by atoms with Crippen LogP contribution in [0.3, 0.4) is 0 Å². The van der Waals surface area contributed by atoms with Gasteiger partial charge < -0.3 is 20.4 Å². The first-order valence-electron chi connectivity index (χ1n) is 10.5. The van der Waals surface area contributed by atoms with Crippen molar-refractivity contribution in [2.45, 2.75) is 39.3 Å². The molecule has 1 heterocycles. The number of benzene rings is 1. The molecule has 1 saturated heterocycles. The lowest BCUT2D eigenvalue weighted by molar-refractivity contribution is -0.130. The van der Waals surface area contributed by atoms with E-state index in [0.29, 0.717) is 19.1 Å². The highest BCUT2D eigenvalue weighted by Gasteiger charge is 2.22. The van der Waals surface area contributed by atoms with Gasteiger partial charge in [0.1, 0.15) is 0 Å². The van der Waals surface area contributed by atoms with E-state index in [1.54, 1.807) is 4.90 Å². The van der Waals surface area contributed by atoms with Crippen LogP contribution < -0.4 is 15.5 Å². The molecule has 0 aliphatic carbocycles. The molecule has 2 N–H and O–H groups in total. The topological polar surface area (TPSA) is 63.2 Å². The van der Waals surface area contributed by atoms with Crippen LogP contribution >= 0.6 is 24.0 Å². The average Bonchev–Trinajstić information content (AvgIpc) is 2.68. The fourth-order valence-electron chi connectivity index (χ4n) is 3.38. The molecule has 0 bridgehead atoms. The summed E-state index contributed by atoms with van der Waals surface area (Å²) < 4.78 is 0. The number of hydrogen-bond donors (Lipinski definition) is 2. The molecular formula is C22H39IN6O. The SMILES string of the molecule is CCNC(=NCc1ccc(N(C)C)cc1C)NC1CCN(CC(=O)N(C)C)CC1.I. The zero-order valence-corrected chi connectivity index (χ0v) is 21.7. The third kappa shape index (κ3) is 8.29. The molecule has 1 aromatic rings. The fourth-order valence-corrected chi connectivity index (χ4v) is 3.38. The van der Waals surface area contributed by atoms with Gasteiger partial charge in [0.25, 0.3) is 0 Å². The summed E-state index contributed by atoms with van der Waals surface area (Å²) >= 11 is 0. The van der Waals surface area contributed by atoms with Gasteiger partial charge in [-0.2, -0.15) is 0 Å². The third-order valence-electron chi connectivity index (χ3n) is 5.38. The van der Waals surface area contributed by atoms with E-state index in [-0.39, 0.29) is 29.9 Å². The standard InChI is InChI=1S/C22H38N6O.HI/c1-7-23-22(24-15-18-8-9-20(26(3)4)14-17(18)2)25-19-10-12-28(13-11-19)16-21(29)27(5)6;/h8-9,14,19H,7,10-13,15-16H2,1-6H3,(H2,23,24,25);1H. The molecule has 0 aromatic heterocycles. The Kier molecular flexibility index (Phi) is 11.5. The number of carbonyl (C=O) groups is 1. The largest absolute Gasteiger partial charge is 0.378 e. The van der Waals surface area contributed by atoms with Crippen molar-refractivity contribution in [3.63, 3.8) is 0 Å². The molecule has 0 saturated carbocycles. The number of rotatable bonds is 7. The van der Waals surface area contributed by atoms with Gasteiger partial charge in [-0.25, -0.2) is 4.99 Å². The number of aliphatic imine (C=N–C) groups is 1. The molecule has 1 aliphatic heterocycles. The summed E-state index contributed by atoms with van der Waals surface area (Å²) in [5, 5.41) is 6.95. The number of aryl methyl sites for hydroxylation is 1. The molecule has 0 spiro atoms. The second-order valence-corrected chi connectivity index (χ2v) is 8.18. The first-order valence-corrected chi connectivity index (χ1v) is 10.5. The fraction of sp³-hybridized carbons (Fsp3) is 0.636. The number of carbonyl (C=O) groups excluding carboxylic acids is 1. The Morgan fingerprint density at radius 1 is 1.20 bits per heavy atom. The van der Waals surface area contributed by atoms with Gasteiger partial charge in [-0.15, -0.1) is 24.0 Å². The van der Waals surface area contributed by atoms with Gasteiger partial charge in [-0.3, -0.25) is 9.69 Å². The van der Waals surface area contributed by atoms with Crippen LogP contribution in [0, 0.1) is 6.92 Å². The first kappa shape index (κ1) is 26.5. The molecule has 0 unspecified atom stereocenters. The van der Waals surface area contributed by atoms with Crippen molar-refractivity contribution in [3.05, 3.63) is 29.3 Å². The minimum atomic E-state index is 0. The normalized spacial score (nSPS) is 15.3. The van der Waals surface area contributed by atoms with E-state index >= 15 is 0 Å². The number of guanidine groups is 1. The van der Waals surface area contributed by atoms with Crippen LogP contribution in [0.4, 0.5) is 5.69 Å². The summed E-state index contributed by atoms with van der Waals surface area (Å²) in [5.41, 5.74) is 3.71. The molecule has 8 heteroatoms.